The molecule has 0 aliphatic rings. The largest absolute Gasteiger partial charge is 0.497 e. The molecule has 0 spiro atoms. The molecule has 184 valence electrons. The van der Waals surface area contributed by atoms with Crippen LogP contribution in [0.2, 0.25) is 0 Å². The van der Waals surface area contributed by atoms with Crippen molar-refractivity contribution in [3.63, 3.8) is 0 Å². The van der Waals surface area contributed by atoms with Gasteiger partial charge in [0, 0.05) is 35.7 Å². The summed E-state index contributed by atoms with van der Waals surface area (Å²) in [6, 6.07) is 13.3. The summed E-state index contributed by atoms with van der Waals surface area (Å²) in [6.07, 6.45) is 0. The normalized spacial score (nSPS) is 11.1. The Morgan fingerprint density at radius 2 is 1.80 bits per heavy atom. The maximum absolute atomic E-state index is 12.9. The molecule has 35 heavy (non-hydrogen) atoms. The molecule has 0 fully saturated rings. The molecule has 1 heterocycles. The molecular weight excluding hydrogens is 450 g/mol. The molecule has 3 rings (SSSR count). The Morgan fingerprint density at radius 1 is 1.14 bits per heavy atom. The Labute approximate surface area is 203 Å². The number of nitrogens with zero attached hydrogens (tertiary/aromatic N) is 4. The lowest BCUT2D eigenvalue weighted by molar-refractivity contribution is -0.385. The summed E-state index contributed by atoms with van der Waals surface area (Å²) < 4.78 is 6.84. The summed E-state index contributed by atoms with van der Waals surface area (Å²) >= 11 is 0. The van der Waals surface area contributed by atoms with Crippen LogP contribution in [0.4, 0.5) is 11.5 Å². The number of benzene rings is 2. The van der Waals surface area contributed by atoms with Crippen molar-refractivity contribution < 1.29 is 19.2 Å². The number of likely N-dealkylation sites (N-methyl/N-ethyl adjacent to an activating group) is 1. The van der Waals surface area contributed by atoms with Crippen LogP contribution in [0.15, 0.2) is 48.5 Å². The third kappa shape index (κ3) is 5.84. The van der Waals surface area contributed by atoms with Gasteiger partial charge in [-0.25, -0.2) is 4.68 Å². The third-order valence-corrected chi connectivity index (χ3v) is 5.44. The number of aromatic nitrogens is 2. The number of methoxy groups -OCH3 is 1. The minimum Gasteiger partial charge on any atom is -0.497 e. The average Bonchev–Trinajstić information content (AvgIpc) is 3.22. The van der Waals surface area contributed by atoms with Gasteiger partial charge >= 0.3 is 0 Å². The topological polar surface area (TPSA) is 120 Å². The number of nitro groups is 1. The fraction of sp³-hybridized carbons (Fsp3) is 0.320. The summed E-state index contributed by atoms with van der Waals surface area (Å²) in [6.45, 7) is 7.41. The monoisotopic (exact) mass is 479 g/mol. The van der Waals surface area contributed by atoms with E-state index >= 15 is 0 Å². The minimum absolute atomic E-state index is 0.135. The number of carbonyl (C=O) groups excluding carboxylic acids is 2. The number of carbonyl (C=O) groups is 2. The highest BCUT2D eigenvalue weighted by Crippen LogP contribution is 2.27. The van der Waals surface area contributed by atoms with Gasteiger partial charge in [0.05, 0.1) is 30.0 Å². The molecule has 0 aliphatic carbocycles. The summed E-state index contributed by atoms with van der Waals surface area (Å²) in [7, 11) is 3.05. The van der Waals surface area contributed by atoms with E-state index in [1.165, 1.54) is 30.1 Å². The maximum Gasteiger partial charge on any atom is 0.273 e. The SMILES string of the molecule is COc1ccc(-n2nc(C(C)(C)C)cc2NC(=O)CN(C)C(=O)c2ccc(C)c([N+](=O)[O-])c2)cc1. The molecule has 3 aromatic rings. The van der Waals surface area contributed by atoms with Crippen molar-refractivity contribution in [2.45, 2.75) is 33.1 Å². The summed E-state index contributed by atoms with van der Waals surface area (Å²) in [5.74, 6) is 0.218. The molecule has 0 bridgehead atoms. The van der Waals surface area contributed by atoms with E-state index in [1.807, 2.05) is 32.9 Å². The van der Waals surface area contributed by atoms with Crippen LogP contribution in [-0.4, -0.2) is 52.1 Å². The second-order valence-electron chi connectivity index (χ2n) is 9.24. The number of amides is 2. The lowest BCUT2D eigenvalue weighted by atomic mass is 9.92. The highest BCUT2D eigenvalue weighted by molar-refractivity contribution is 5.99. The molecule has 0 aliphatic heterocycles. The van der Waals surface area contributed by atoms with Gasteiger partial charge in [0.1, 0.15) is 11.6 Å². The average molecular weight is 480 g/mol. The zero-order chi connectivity index (χ0) is 25.9. The number of hydrogen-bond acceptors (Lipinski definition) is 6. The van der Waals surface area contributed by atoms with Crippen molar-refractivity contribution in [1.82, 2.24) is 14.7 Å². The smallest absolute Gasteiger partial charge is 0.273 e. The van der Waals surface area contributed by atoms with Crippen LogP contribution in [0, 0.1) is 17.0 Å². The molecule has 0 saturated heterocycles. The molecule has 0 unspecified atom stereocenters. The molecule has 2 aromatic carbocycles. The Hall–Kier alpha value is -4.21. The fourth-order valence-corrected chi connectivity index (χ4v) is 3.39. The van der Waals surface area contributed by atoms with Crippen molar-refractivity contribution >= 4 is 23.3 Å². The fourth-order valence-electron chi connectivity index (χ4n) is 3.39. The Morgan fingerprint density at radius 3 is 2.37 bits per heavy atom. The number of nitrogens with one attached hydrogen (secondary N) is 1. The van der Waals surface area contributed by atoms with E-state index in [0.29, 0.717) is 17.1 Å². The molecule has 10 nitrogen and oxygen atoms in total. The molecule has 0 saturated carbocycles. The summed E-state index contributed by atoms with van der Waals surface area (Å²) in [4.78, 5) is 37.5. The number of ether oxygens (including phenoxy) is 1. The van der Waals surface area contributed by atoms with Gasteiger partial charge in [0.15, 0.2) is 0 Å². The first-order valence-electron chi connectivity index (χ1n) is 11.0. The van der Waals surface area contributed by atoms with E-state index in [9.17, 15) is 19.7 Å². The van der Waals surface area contributed by atoms with Gasteiger partial charge < -0.3 is 15.0 Å². The molecule has 0 radical (unpaired) electrons. The quantitative estimate of drug-likeness (QED) is 0.402. The number of nitro benzene ring substituents is 1. The predicted molar refractivity (Wildman–Crippen MR) is 132 cm³/mol. The van der Waals surface area contributed by atoms with Crippen LogP contribution in [0.3, 0.4) is 0 Å². The Bertz CT molecular complexity index is 1260. The van der Waals surface area contributed by atoms with E-state index < -0.39 is 16.7 Å². The van der Waals surface area contributed by atoms with Crippen LogP contribution in [0.25, 0.3) is 5.69 Å². The number of rotatable bonds is 7. The highest BCUT2D eigenvalue weighted by atomic mass is 16.6. The molecule has 2 amide bonds. The third-order valence-electron chi connectivity index (χ3n) is 5.44. The van der Waals surface area contributed by atoms with Crippen molar-refractivity contribution in [2.75, 3.05) is 26.0 Å². The van der Waals surface area contributed by atoms with Gasteiger partial charge in [-0.05, 0) is 37.3 Å². The molecule has 10 heteroatoms. The summed E-state index contributed by atoms with van der Waals surface area (Å²) in [5.41, 5.74) is 1.69. The first-order valence-corrected chi connectivity index (χ1v) is 11.0. The van der Waals surface area contributed by atoms with Crippen molar-refractivity contribution in [2.24, 2.45) is 0 Å². The number of anilines is 1. The van der Waals surface area contributed by atoms with E-state index in [4.69, 9.17) is 4.74 Å². The molecule has 1 aromatic heterocycles. The van der Waals surface area contributed by atoms with Gasteiger partial charge in [0.2, 0.25) is 5.91 Å². The predicted octanol–water partition coefficient (Wildman–Crippen LogP) is 4.11. The molecule has 1 N–H and O–H groups in total. The second kappa shape index (κ2) is 9.96. The zero-order valence-electron chi connectivity index (χ0n) is 20.7. The van der Waals surface area contributed by atoms with Gasteiger partial charge in [-0.3, -0.25) is 19.7 Å². The number of aryl methyl sites for hydroxylation is 1. The lowest BCUT2D eigenvalue weighted by Gasteiger charge is -2.17. The van der Waals surface area contributed by atoms with Gasteiger partial charge in [-0.1, -0.05) is 26.8 Å². The van der Waals surface area contributed by atoms with Crippen molar-refractivity contribution in [3.8, 4) is 11.4 Å². The minimum atomic E-state index is -0.536. The Balaban J connectivity index is 1.81. The second-order valence-corrected chi connectivity index (χ2v) is 9.24. The van der Waals surface area contributed by atoms with Crippen LogP contribution >= 0.6 is 0 Å². The van der Waals surface area contributed by atoms with E-state index in [-0.39, 0.29) is 23.2 Å². The first kappa shape index (κ1) is 25.4. The van der Waals surface area contributed by atoms with Crippen LogP contribution in [0.5, 0.6) is 5.75 Å². The van der Waals surface area contributed by atoms with E-state index in [2.05, 4.69) is 10.4 Å². The van der Waals surface area contributed by atoms with Crippen LogP contribution < -0.4 is 10.1 Å². The van der Waals surface area contributed by atoms with E-state index in [1.54, 1.807) is 36.9 Å². The molecule has 0 atom stereocenters. The Kier molecular flexibility index (Phi) is 7.23. The highest BCUT2D eigenvalue weighted by Gasteiger charge is 2.23. The lowest BCUT2D eigenvalue weighted by Crippen LogP contribution is -2.35. The molecular formula is C25H29N5O5. The zero-order valence-corrected chi connectivity index (χ0v) is 20.7. The van der Waals surface area contributed by atoms with Gasteiger partial charge in [-0.2, -0.15) is 5.10 Å². The van der Waals surface area contributed by atoms with E-state index in [0.717, 1.165) is 11.4 Å². The van der Waals surface area contributed by atoms with Crippen LogP contribution in [0.1, 0.15) is 42.4 Å². The van der Waals surface area contributed by atoms with Gasteiger partial charge in [0.25, 0.3) is 11.6 Å². The summed E-state index contributed by atoms with van der Waals surface area (Å²) in [5, 5.41) is 18.7. The number of hydrogen-bond donors (Lipinski definition) is 1. The van der Waals surface area contributed by atoms with Crippen molar-refractivity contribution in [3.05, 3.63) is 75.5 Å². The van der Waals surface area contributed by atoms with Crippen LogP contribution in [-0.2, 0) is 10.2 Å². The van der Waals surface area contributed by atoms with Crippen molar-refractivity contribution in [1.29, 1.82) is 0 Å². The van der Waals surface area contributed by atoms with Gasteiger partial charge in [-0.15, -0.1) is 0 Å². The maximum atomic E-state index is 12.9. The standard InChI is InChI=1S/C25H29N5O5/c1-16-7-8-17(13-20(16)30(33)34)24(32)28(5)15-23(31)26-22-14-21(25(2,3)4)27-29(22)18-9-11-19(35-6)12-10-18/h7-14H,15H2,1-6H3,(H,26,31). The first-order chi connectivity index (χ1) is 16.4.